The van der Waals surface area contributed by atoms with Gasteiger partial charge in [0.1, 0.15) is 0 Å². The van der Waals surface area contributed by atoms with Crippen LogP contribution in [0, 0.1) is 0 Å². The van der Waals surface area contributed by atoms with Gasteiger partial charge in [0, 0.05) is 21.8 Å². The molecule has 1 nitrogen and oxygen atoms in total. The summed E-state index contributed by atoms with van der Waals surface area (Å²) in [6.45, 7) is 4.63. The van der Waals surface area contributed by atoms with Gasteiger partial charge in [-0.15, -0.1) is 0 Å². The van der Waals surface area contributed by atoms with Crippen molar-refractivity contribution in [3.8, 4) is 0 Å². The van der Waals surface area contributed by atoms with Crippen LogP contribution in [0.15, 0.2) is 170 Å². The van der Waals surface area contributed by atoms with Gasteiger partial charge in [0.15, 0.2) is 7.14 Å². The van der Waals surface area contributed by atoms with E-state index in [2.05, 4.69) is 97.6 Å². The standard InChI is InChI=1S/C40H31OP/c1-29-26-33-25-24-31-16-11-12-23-37(31)40(33)39(30-14-5-2-6-15-30)28-38(29)32-17-13-22-36(27-32)42(41,34-18-7-3-8-19-34)35-20-9-4-10-21-35/h2-25,27-28,38H,1,26H2. The molecule has 0 N–H and O–H groups in total. The van der Waals surface area contributed by atoms with Gasteiger partial charge in [-0.25, -0.2) is 0 Å². The third-order valence-corrected chi connectivity index (χ3v) is 11.4. The lowest BCUT2D eigenvalue weighted by Gasteiger charge is -2.22. The molecule has 42 heavy (non-hydrogen) atoms. The van der Waals surface area contributed by atoms with Gasteiger partial charge in [0.05, 0.1) is 0 Å². The van der Waals surface area contributed by atoms with Gasteiger partial charge in [-0.05, 0) is 51.1 Å². The van der Waals surface area contributed by atoms with E-state index in [1.54, 1.807) is 0 Å². The van der Waals surface area contributed by atoms with Gasteiger partial charge < -0.3 is 4.57 Å². The van der Waals surface area contributed by atoms with Crippen LogP contribution in [0.4, 0.5) is 0 Å². The van der Waals surface area contributed by atoms with Crippen molar-refractivity contribution in [1.82, 2.24) is 0 Å². The maximum absolute atomic E-state index is 15.2. The number of hydrogen-bond donors (Lipinski definition) is 0. The molecule has 7 rings (SSSR count). The average Bonchev–Trinajstić information content (AvgIpc) is 3.21. The van der Waals surface area contributed by atoms with E-state index in [0.29, 0.717) is 0 Å². The summed E-state index contributed by atoms with van der Waals surface area (Å²) < 4.78 is 15.2. The lowest BCUT2D eigenvalue weighted by Crippen LogP contribution is -2.25. The number of fused-ring (bicyclic) bond motifs is 3. The first-order chi connectivity index (χ1) is 20.6. The van der Waals surface area contributed by atoms with E-state index in [1.807, 2.05) is 66.7 Å². The summed E-state index contributed by atoms with van der Waals surface area (Å²) in [6, 6.07) is 51.9. The predicted octanol–water partition coefficient (Wildman–Crippen LogP) is 8.81. The molecule has 6 aromatic carbocycles. The Balaban J connectivity index is 1.43. The third-order valence-electron chi connectivity index (χ3n) is 8.39. The molecule has 202 valence electrons. The first kappa shape index (κ1) is 26.2. The minimum absolute atomic E-state index is 0.0358. The van der Waals surface area contributed by atoms with Crippen molar-refractivity contribution in [2.75, 3.05) is 0 Å². The van der Waals surface area contributed by atoms with Gasteiger partial charge in [0.25, 0.3) is 0 Å². The van der Waals surface area contributed by atoms with Crippen molar-refractivity contribution in [3.63, 3.8) is 0 Å². The molecule has 0 bridgehead atoms. The fourth-order valence-corrected chi connectivity index (χ4v) is 9.04. The van der Waals surface area contributed by atoms with Crippen molar-refractivity contribution in [2.24, 2.45) is 0 Å². The maximum Gasteiger partial charge on any atom is 0.171 e. The van der Waals surface area contributed by atoms with E-state index in [0.717, 1.165) is 33.5 Å². The summed E-state index contributed by atoms with van der Waals surface area (Å²) in [5.41, 5.74) is 7.19. The topological polar surface area (TPSA) is 17.1 Å². The van der Waals surface area contributed by atoms with Crippen LogP contribution in [0.3, 0.4) is 0 Å². The molecule has 0 fully saturated rings. The first-order valence-corrected chi connectivity index (χ1v) is 16.1. The Morgan fingerprint density at radius 1 is 0.595 bits per heavy atom. The fraction of sp³-hybridized carbons (Fsp3) is 0.0500. The highest BCUT2D eigenvalue weighted by atomic mass is 31.2. The summed E-state index contributed by atoms with van der Waals surface area (Å²) in [7, 11) is -3.10. The zero-order chi connectivity index (χ0) is 28.5. The minimum Gasteiger partial charge on any atom is -0.309 e. The highest BCUT2D eigenvalue weighted by Crippen LogP contribution is 2.45. The van der Waals surface area contributed by atoms with Crippen LogP contribution in [0.5, 0.6) is 0 Å². The van der Waals surface area contributed by atoms with Crippen molar-refractivity contribution in [3.05, 3.63) is 192 Å². The van der Waals surface area contributed by atoms with E-state index in [-0.39, 0.29) is 5.92 Å². The fourth-order valence-electron chi connectivity index (χ4n) is 6.33. The molecular weight excluding hydrogens is 527 g/mol. The molecule has 0 spiro atoms. The Bertz CT molecular complexity index is 1950. The number of rotatable bonds is 5. The first-order valence-electron chi connectivity index (χ1n) is 14.4. The zero-order valence-corrected chi connectivity index (χ0v) is 24.3. The quantitative estimate of drug-likeness (QED) is 0.153. The van der Waals surface area contributed by atoms with Crippen LogP contribution in [0.2, 0.25) is 0 Å². The Morgan fingerprint density at radius 2 is 1.19 bits per heavy atom. The minimum atomic E-state index is -3.10. The largest absolute Gasteiger partial charge is 0.309 e. The van der Waals surface area contributed by atoms with Crippen LogP contribution >= 0.6 is 7.14 Å². The summed E-state index contributed by atoms with van der Waals surface area (Å²) in [4.78, 5) is 0. The lowest BCUT2D eigenvalue weighted by atomic mass is 9.88. The number of allylic oxidation sites excluding steroid dienone is 2. The summed E-state index contributed by atoms with van der Waals surface area (Å²) in [5, 5.41) is 5.01. The smallest absolute Gasteiger partial charge is 0.171 e. The van der Waals surface area contributed by atoms with Crippen LogP contribution in [-0.4, -0.2) is 0 Å². The Morgan fingerprint density at radius 3 is 1.88 bits per heavy atom. The van der Waals surface area contributed by atoms with Gasteiger partial charge in [0.2, 0.25) is 0 Å². The molecule has 0 aromatic heterocycles. The van der Waals surface area contributed by atoms with Crippen LogP contribution < -0.4 is 15.9 Å². The van der Waals surface area contributed by atoms with Gasteiger partial charge in [-0.1, -0.05) is 164 Å². The second-order valence-corrected chi connectivity index (χ2v) is 13.7. The summed E-state index contributed by atoms with van der Waals surface area (Å²) in [6.07, 6.45) is 3.15. The molecule has 2 heteroatoms. The highest BCUT2D eigenvalue weighted by Gasteiger charge is 2.31. The van der Waals surface area contributed by atoms with Crippen molar-refractivity contribution < 1.29 is 4.57 Å². The van der Waals surface area contributed by atoms with Gasteiger partial charge >= 0.3 is 0 Å². The molecule has 0 heterocycles. The maximum atomic E-state index is 15.2. The predicted molar refractivity (Wildman–Crippen MR) is 179 cm³/mol. The van der Waals surface area contributed by atoms with Gasteiger partial charge in [-0.2, -0.15) is 0 Å². The Hall–Kier alpha value is -4.71. The summed E-state index contributed by atoms with van der Waals surface area (Å²) >= 11 is 0. The number of hydrogen-bond acceptors (Lipinski definition) is 1. The monoisotopic (exact) mass is 558 g/mol. The van der Waals surface area contributed by atoms with E-state index < -0.39 is 7.14 Å². The van der Waals surface area contributed by atoms with Gasteiger partial charge in [-0.3, -0.25) is 0 Å². The molecule has 1 unspecified atom stereocenters. The number of benzene rings is 6. The van der Waals surface area contributed by atoms with Crippen LogP contribution in [0.1, 0.15) is 28.2 Å². The molecule has 0 saturated carbocycles. The molecular formula is C40H31OP. The van der Waals surface area contributed by atoms with Crippen molar-refractivity contribution >= 4 is 39.4 Å². The molecule has 1 atom stereocenters. The van der Waals surface area contributed by atoms with Crippen LogP contribution in [0.25, 0.3) is 16.3 Å². The van der Waals surface area contributed by atoms with E-state index in [9.17, 15) is 0 Å². The average molecular weight is 559 g/mol. The molecule has 0 saturated heterocycles. The second-order valence-electron chi connectivity index (χ2n) is 11.0. The van der Waals surface area contributed by atoms with Crippen LogP contribution in [-0.2, 0) is 11.0 Å². The normalized spacial score (nSPS) is 15.1. The molecule has 0 radical (unpaired) electrons. The Labute approximate surface area is 247 Å². The molecule has 0 aliphatic heterocycles. The van der Waals surface area contributed by atoms with Crippen molar-refractivity contribution in [1.29, 1.82) is 0 Å². The zero-order valence-electron chi connectivity index (χ0n) is 23.4. The molecule has 1 aliphatic carbocycles. The van der Waals surface area contributed by atoms with E-state index in [4.69, 9.17) is 0 Å². The lowest BCUT2D eigenvalue weighted by molar-refractivity contribution is 0.592. The molecule has 1 aliphatic rings. The Kier molecular flexibility index (Phi) is 6.82. The summed E-state index contributed by atoms with van der Waals surface area (Å²) in [5.74, 6) is -0.0358. The second kappa shape index (κ2) is 10.9. The molecule has 0 amide bonds. The SMILES string of the molecule is C=C1Cc2ccc3ccccc3c2C(c2ccccc2)=CC1c1cccc(P(=O)(c2ccccc2)c2ccccc2)c1. The van der Waals surface area contributed by atoms with E-state index in [1.165, 1.54) is 33.0 Å². The van der Waals surface area contributed by atoms with Crippen molar-refractivity contribution in [2.45, 2.75) is 12.3 Å². The van der Waals surface area contributed by atoms with E-state index >= 15 is 4.57 Å². The molecule has 6 aromatic rings. The third kappa shape index (κ3) is 4.57. The highest BCUT2D eigenvalue weighted by molar-refractivity contribution is 7.85.